The van der Waals surface area contributed by atoms with Crippen molar-refractivity contribution in [1.29, 1.82) is 0 Å². The van der Waals surface area contributed by atoms with E-state index >= 15 is 0 Å². The molecule has 0 spiro atoms. The van der Waals surface area contributed by atoms with Crippen LogP contribution in [0.3, 0.4) is 0 Å². The van der Waals surface area contributed by atoms with Gasteiger partial charge in [-0.25, -0.2) is 8.42 Å². The van der Waals surface area contributed by atoms with E-state index in [0.717, 1.165) is 0 Å². The molecule has 7 nitrogen and oxygen atoms in total. The molecule has 2 aliphatic heterocycles. The van der Waals surface area contributed by atoms with Crippen LogP contribution < -0.4 is 5.32 Å². The summed E-state index contributed by atoms with van der Waals surface area (Å²) in [5.74, 6) is 0.301. The lowest BCUT2D eigenvalue weighted by atomic mass is 10.1. The second-order valence-electron chi connectivity index (χ2n) is 7.39. The van der Waals surface area contributed by atoms with E-state index in [1.54, 1.807) is 35.2 Å². The zero-order valence-electron chi connectivity index (χ0n) is 15.9. The van der Waals surface area contributed by atoms with Crippen molar-refractivity contribution in [3.63, 3.8) is 0 Å². The third-order valence-electron chi connectivity index (χ3n) is 5.46. The van der Waals surface area contributed by atoms with Crippen LogP contribution in [-0.4, -0.2) is 73.8 Å². The molecular formula is C20H23N3O4S2. The summed E-state index contributed by atoms with van der Waals surface area (Å²) in [5, 5.41) is 4.67. The van der Waals surface area contributed by atoms with E-state index in [2.05, 4.69) is 10.2 Å². The van der Waals surface area contributed by atoms with Crippen LogP contribution in [0.1, 0.15) is 26.5 Å². The van der Waals surface area contributed by atoms with Crippen molar-refractivity contribution >= 4 is 38.7 Å². The van der Waals surface area contributed by atoms with Crippen LogP contribution in [0.4, 0.5) is 5.69 Å². The molecule has 0 aliphatic carbocycles. The number of hydrogen-bond acceptors (Lipinski definition) is 6. The van der Waals surface area contributed by atoms with Crippen LogP contribution in [0, 0.1) is 0 Å². The molecule has 1 N–H and O–H groups in total. The Morgan fingerprint density at radius 1 is 1.03 bits per heavy atom. The zero-order valence-corrected chi connectivity index (χ0v) is 17.5. The highest BCUT2D eigenvalue weighted by Crippen LogP contribution is 2.20. The smallest absolute Gasteiger partial charge is 0.265 e. The summed E-state index contributed by atoms with van der Waals surface area (Å²) >= 11 is 1.38. The lowest BCUT2D eigenvalue weighted by Crippen LogP contribution is -2.52. The molecule has 29 heavy (non-hydrogen) atoms. The minimum absolute atomic E-state index is 0.0418. The number of anilines is 1. The van der Waals surface area contributed by atoms with Crippen molar-refractivity contribution in [3.05, 3.63) is 52.2 Å². The average molecular weight is 434 g/mol. The first kappa shape index (κ1) is 20.1. The van der Waals surface area contributed by atoms with Gasteiger partial charge in [0.05, 0.1) is 16.4 Å². The number of sulfone groups is 1. The Morgan fingerprint density at radius 2 is 1.76 bits per heavy atom. The maximum Gasteiger partial charge on any atom is 0.265 e. The van der Waals surface area contributed by atoms with E-state index in [1.807, 2.05) is 11.4 Å². The van der Waals surface area contributed by atoms with E-state index in [1.165, 1.54) is 11.3 Å². The molecule has 1 aromatic heterocycles. The number of nitrogens with zero attached hydrogens (tertiary/aromatic N) is 2. The van der Waals surface area contributed by atoms with E-state index < -0.39 is 9.84 Å². The predicted molar refractivity (Wildman–Crippen MR) is 113 cm³/mol. The van der Waals surface area contributed by atoms with Gasteiger partial charge in [-0.3, -0.25) is 14.5 Å². The molecule has 3 heterocycles. The minimum Gasteiger partial charge on any atom is -0.336 e. The van der Waals surface area contributed by atoms with Gasteiger partial charge in [-0.05, 0) is 42.1 Å². The lowest BCUT2D eigenvalue weighted by molar-refractivity contribution is 0.0588. The number of thiophene rings is 1. The van der Waals surface area contributed by atoms with Crippen molar-refractivity contribution in [2.75, 3.05) is 43.0 Å². The maximum atomic E-state index is 12.8. The Hall–Kier alpha value is -2.23. The van der Waals surface area contributed by atoms with Crippen molar-refractivity contribution in [3.8, 4) is 0 Å². The molecule has 0 bridgehead atoms. The molecule has 0 unspecified atom stereocenters. The monoisotopic (exact) mass is 433 g/mol. The fourth-order valence-corrected chi connectivity index (χ4v) is 6.21. The number of carbonyl (C=O) groups excluding carboxylic acids is 2. The van der Waals surface area contributed by atoms with Crippen LogP contribution in [0.25, 0.3) is 0 Å². The summed E-state index contributed by atoms with van der Waals surface area (Å²) in [6, 6.07) is 10.6. The van der Waals surface area contributed by atoms with Crippen molar-refractivity contribution in [1.82, 2.24) is 9.80 Å². The molecule has 2 saturated heterocycles. The molecule has 2 amide bonds. The highest BCUT2D eigenvalue weighted by atomic mass is 32.2. The van der Waals surface area contributed by atoms with Crippen LogP contribution in [0.5, 0.6) is 0 Å². The molecule has 2 fully saturated rings. The second kappa shape index (κ2) is 8.25. The number of nitrogens with one attached hydrogen (secondary N) is 1. The summed E-state index contributed by atoms with van der Waals surface area (Å²) < 4.78 is 23.4. The van der Waals surface area contributed by atoms with E-state index in [4.69, 9.17) is 0 Å². The fraction of sp³-hybridized carbons (Fsp3) is 0.400. The largest absolute Gasteiger partial charge is 0.336 e. The standard InChI is InChI=1S/C20H23N3O4S2/c24-19(18-2-1-12-28-18)21-16-5-3-15(4-6-16)20(25)23-10-8-22(9-11-23)17-7-13-29(26,27)14-17/h1-6,12,17H,7-11,13-14H2,(H,21,24)/t17-/m1/s1. The van der Waals surface area contributed by atoms with Gasteiger partial charge in [0, 0.05) is 43.5 Å². The molecule has 154 valence electrons. The average Bonchev–Trinajstić information content (AvgIpc) is 3.38. The zero-order chi connectivity index (χ0) is 20.4. The van der Waals surface area contributed by atoms with Crippen LogP contribution in [0.2, 0.25) is 0 Å². The van der Waals surface area contributed by atoms with Crippen molar-refractivity contribution in [2.45, 2.75) is 12.5 Å². The first-order chi connectivity index (χ1) is 13.9. The van der Waals surface area contributed by atoms with Crippen LogP contribution >= 0.6 is 11.3 Å². The topological polar surface area (TPSA) is 86.8 Å². The Bertz CT molecular complexity index is 979. The molecule has 1 aromatic carbocycles. The van der Waals surface area contributed by atoms with E-state index in [9.17, 15) is 18.0 Å². The molecule has 2 aromatic rings. The molecule has 1 atom stereocenters. The van der Waals surface area contributed by atoms with Gasteiger partial charge in [-0.2, -0.15) is 0 Å². The number of benzene rings is 1. The van der Waals surface area contributed by atoms with E-state index in [0.29, 0.717) is 48.7 Å². The fourth-order valence-electron chi connectivity index (χ4n) is 3.83. The van der Waals surface area contributed by atoms with Crippen molar-refractivity contribution < 1.29 is 18.0 Å². The van der Waals surface area contributed by atoms with Gasteiger partial charge in [0.1, 0.15) is 0 Å². The molecule has 0 radical (unpaired) electrons. The summed E-state index contributed by atoms with van der Waals surface area (Å²) in [6.45, 7) is 2.57. The van der Waals surface area contributed by atoms with Gasteiger partial charge in [-0.1, -0.05) is 6.07 Å². The number of piperazine rings is 1. The van der Waals surface area contributed by atoms with Gasteiger partial charge in [0.15, 0.2) is 9.84 Å². The maximum absolute atomic E-state index is 12.8. The minimum atomic E-state index is -2.90. The van der Waals surface area contributed by atoms with Crippen molar-refractivity contribution in [2.24, 2.45) is 0 Å². The van der Waals surface area contributed by atoms with Crippen LogP contribution in [0.15, 0.2) is 41.8 Å². The van der Waals surface area contributed by atoms with Gasteiger partial charge < -0.3 is 10.2 Å². The third kappa shape index (κ3) is 4.68. The molecule has 4 rings (SSSR count). The SMILES string of the molecule is O=C(Nc1ccc(C(=O)N2CCN([C@@H]3CCS(=O)(=O)C3)CC2)cc1)c1cccs1. The number of carbonyl (C=O) groups is 2. The van der Waals surface area contributed by atoms with Gasteiger partial charge in [-0.15, -0.1) is 11.3 Å². The Labute approximate surface area is 174 Å². The predicted octanol–water partition coefficient (Wildman–Crippen LogP) is 1.95. The molecular weight excluding hydrogens is 410 g/mol. The lowest BCUT2D eigenvalue weighted by Gasteiger charge is -2.37. The number of amides is 2. The highest BCUT2D eigenvalue weighted by molar-refractivity contribution is 7.91. The highest BCUT2D eigenvalue weighted by Gasteiger charge is 2.34. The van der Waals surface area contributed by atoms with Crippen LogP contribution in [-0.2, 0) is 9.84 Å². The first-order valence-corrected chi connectivity index (χ1v) is 12.3. The third-order valence-corrected chi connectivity index (χ3v) is 8.08. The summed E-state index contributed by atoms with van der Waals surface area (Å²) in [4.78, 5) is 29.5. The number of hydrogen-bond donors (Lipinski definition) is 1. The molecule has 2 aliphatic rings. The van der Waals surface area contributed by atoms with Gasteiger partial charge in [0.25, 0.3) is 11.8 Å². The number of rotatable bonds is 4. The quantitative estimate of drug-likeness (QED) is 0.796. The Kier molecular flexibility index (Phi) is 5.71. The normalized spacial score (nSPS) is 21.8. The molecule has 0 saturated carbocycles. The van der Waals surface area contributed by atoms with Gasteiger partial charge >= 0.3 is 0 Å². The summed E-state index contributed by atoms with van der Waals surface area (Å²) in [5.41, 5.74) is 1.23. The first-order valence-electron chi connectivity index (χ1n) is 9.60. The Balaban J connectivity index is 1.31. The Morgan fingerprint density at radius 3 is 2.34 bits per heavy atom. The summed E-state index contributed by atoms with van der Waals surface area (Å²) in [7, 11) is -2.90. The molecule has 9 heteroatoms. The van der Waals surface area contributed by atoms with E-state index in [-0.39, 0.29) is 29.4 Å². The summed E-state index contributed by atoms with van der Waals surface area (Å²) in [6.07, 6.45) is 0.689. The van der Waals surface area contributed by atoms with Gasteiger partial charge in [0.2, 0.25) is 0 Å². The second-order valence-corrected chi connectivity index (χ2v) is 10.6.